The molecule has 1 heterocycles. The maximum atomic E-state index is 12.1. The molecule has 130 valence electrons. The Hall–Kier alpha value is -1.89. The summed E-state index contributed by atoms with van der Waals surface area (Å²) in [4.78, 5) is 37.0. The SMILES string of the molecule is CCOC(=O)C(O)(C(=O)OCC)N1C(=O)CC1CCC=C(C)C. The highest BCUT2D eigenvalue weighted by atomic mass is 16.6. The Morgan fingerprint density at radius 1 is 1.26 bits per heavy atom. The van der Waals surface area contributed by atoms with Crippen LogP contribution in [0.2, 0.25) is 0 Å². The van der Waals surface area contributed by atoms with Gasteiger partial charge in [0.2, 0.25) is 5.91 Å². The van der Waals surface area contributed by atoms with E-state index in [1.165, 1.54) is 0 Å². The van der Waals surface area contributed by atoms with E-state index >= 15 is 0 Å². The van der Waals surface area contributed by atoms with Gasteiger partial charge in [-0.3, -0.25) is 9.69 Å². The molecule has 1 saturated heterocycles. The van der Waals surface area contributed by atoms with E-state index < -0.39 is 29.6 Å². The summed E-state index contributed by atoms with van der Waals surface area (Å²) >= 11 is 0. The minimum Gasteiger partial charge on any atom is -0.462 e. The molecule has 0 bridgehead atoms. The molecule has 0 saturated carbocycles. The summed E-state index contributed by atoms with van der Waals surface area (Å²) in [5, 5.41) is 10.6. The molecule has 1 atom stereocenters. The van der Waals surface area contributed by atoms with Crippen LogP contribution < -0.4 is 0 Å². The van der Waals surface area contributed by atoms with Crippen molar-refractivity contribution in [2.75, 3.05) is 13.2 Å². The van der Waals surface area contributed by atoms with Crippen LogP contribution in [0, 0.1) is 0 Å². The zero-order valence-electron chi connectivity index (χ0n) is 14.1. The van der Waals surface area contributed by atoms with Crippen LogP contribution in [0.1, 0.15) is 47.0 Å². The number of hydrogen-bond donors (Lipinski definition) is 1. The number of aliphatic hydroxyl groups is 1. The number of carbonyl (C=O) groups is 3. The van der Waals surface area contributed by atoms with E-state index in [1.807, 2.05) is 19.9 Å². The molecule has 0 aromatic carbocycles. The van der Waals surface area contributed by atoms with Crippen LogP contribution in [-0.2, 0) is 23.9 Å². The van der Waals surface area contributed by atoms with Crippen molar-refractivity contribution < 1.29 is 29.0 Å². The lowest BCUT2D eigenvalue weighted by Gasteiger charge is -2.47. The molecule has 1 aliphatic rings. The third-order valence-corrected chi connectivity index (χ3v) is 3.57. The maximum Gasteiger partial charge on any atom is 0.372 e. The summed E-state index contributed by atoms with van der Waals surface area (Å²) < 4.78 is 9.55. The lowest BCUT2D eigenvalue weighted by atomic mass is 9.92. The molecule has 1 aliphatic heterocycles. The van der Waals surface area contributed by atoms with Crippen molar-refractivity contribution in [2.24, 2.45) is 0 Å². The standard InChI is InChI=1S/C16H25NO6/c1-5-22-14(19)16(21,15(20)23-6-2)17-12(10-13(17)18)9-7-8-11(3)4/h8,12,21H,5-7,9-10H2,1-4H3. The maximum absolute atomic E-state index is 12.1. The predicted octanol–water partition coefficient (Wildman–Crippen LogP) is 1.15. The van der Waals surface area contributed by atoms with Crippen LogP contribution in [0.3, 0.4) is 0 Å². The van der Waals surface area contributed by atoms with Gasteiger partial charge in [0.05, 0.1) is 13.2 Å². The van der Waals surface area contributed by atoms with Crippen molar-refractivity contribution in [3.63, 3.8) is 0 Å². The van der Waals surface area contributed by atoms with Gasteiger partial charge in [-0.15, -0.1) is 0 Å². The van der Waals surface area contributed by atoms with E-state index in [0.717, 1.165) is 10.5 Å². The molecule has 1 rings (SSSR count). The molecule has 0 aromatic heterocycles. The summed E-state index contributed by atoms with van der Waals surface area (Å²) in [6, 6.07) is -0.406. The van der Waals surface area contributed by atoms with Crippen LogP contribution in [-0.4, -0.2) is 52.8 Å². The second-order valence-corrected chi connectivity index (χ2v) is 5.59. The van der Waals surface area contributed by atoms with Gasteiger partial charge in [-0.1, -0.05) is 11.6 Å². The molecule has 7 nitrogen and oxygen atoms in total. The number of nitrogens with zero attached hydrogens (tertiary/aromatic N) is 1. The van der Waals surface area contributed by atoms with Crippen LogP contribution >= 0.6 is 0 Å². The highest BCUT2D eigenvalue weighted by molar-refractivity contribution is 6.07. The molecule has 1 amide bonds. The van der Waals surface area contributed by atoms with E-state index in [1.54, 1.807) is 13.8 Å². The first kappa shape index (κ1) is 19.2. The Morgan fingerprint density at radius 2 is 1.78 bits per heavy atom. The monoisotopic (exact) mass is 327 g/mol. The quantitative estimate of drug-likeness (QED) is 0.311. The number of allylic oxidation sites excluding steroid dienone is 2. The largest absolute Gasteiger partial charge is 0.462 e. The number of hydrogen-bond acceptors (Lipinski definition) is 6. The van der Waals surface area contributed by atoms with Crippen LogP contribution in [0.5, 0.6) is 0 Å². The fraction of sp³-hybridized carbons (Fsp3) is 0.688. The van der Waals surface area contributed by atoms with Gasteiger partial charge >= 0.3 is 17.7 Å². The zero-order chi connectivity index (χ0) is 17.6. The Morgan fingerprint density at radius 3 is 2.17 bits per heavy atom. The van der Waals surface area contributed by atoms with Gasteiger partial charge in [0.1, 0.15) is 0 Å². The van der Waals surface area contributed by atoms with Gasteiger partial charge in [-0.2, -0.15) is 0 Å². The third kappa shape index (κ3) is 4.10. The van der Waals surface area contributed by atoms with Gasteiger partial charge in [0.15, 0.2) is 0 Å². The fourth-order valence-corrected chi connectivity index (χ4v) is 2.47. The fourth-order valence-electron chi connectivity index (χ4n) is 2.47. The molecule has 0 radical (unpaired) electrons. The van der Waals surface area contributed by atoms with E-state index in [4.69, 9.17) is 9.47 Å². The first-order chi connectivity index (χ1) is 10.8. The second-order valence-electron chi connectivity index (χ2n) is 5.59. The molecule has 1 unspecified atom stereocenters. The van der Waals surface area contributed by atoms with Crippen molar-refractivity contribution in [3.8, 4) is 0 Å². The number of ether oxygens (including phenoxy) is 2. The predicted molar refractivity (Wildman–Crippen MR) is 82.1 cm³/mol. The summed E-state index contributed by atoms with van der Waals surface area (Å²) in [6.07, 6.45) is 3.39. The number of rotatable bonds is 8. The molecule has 23 heavy (non-hydrogen) atoms. The van der Waals surface area contributed by atoms with Crippen LogP contribution in [0.4, 0.5) is 0 Å². The summed E-state index contributed by atoms with van der Waals surface area (Å²) in [6.45, 7) is 6.96. The zero-order valence-corrected chi connectivity index (χ0v) is 14.1. The van der Waals surface area contributed by atoms with Crippen molar-refractivity contribution in [1.29, 1.82) is 0 Å². The lowest BCUT2D eigenvalue weighted by Crippen LogP contribution is -2.71. The summed E-state index contributed by atoms with van der Waals surface area (Å²) in [5.41, 5.74) is -1.58. The number of amides is 1. The van der Waals surface area contributed by atoms with Crippen molar-refractivity contribution in [2.45, 2.75) is 58.7 Å². The smallest absolute Gasteiger partial charge is 0.372 e. The Kier molecular flexibility index (Phi) is 6.75. The molecule has 0 aliphatic carbocycles. The van der Waals surface area contributed by atoms with Gasteiger partial charge < -0.3 is 14.6 Å². The highest BCUT2D eigenvalue weighted by Crippen LogP contribution is 2.33. The molecule has 0 spiro atoms. The molecule has 1 N–H and O–H groups in total. The molecule has 0 aromatic rings. The van der Waals surface area contributed by atoms with Crippen LogP contribution in [0.15, 0.2) is 11.6 Å². The third-order valence-electron chi connectivity index (χ3n) is 3.57. The Labute approximate surface area is 136 Å². The number of esters is 2. The van der Waals surface area contributed by atoms with E-state index in [-0.39, 0.29) is 19.6 Å². The average Bonchev–Trinajstić information content (AvgIpc) is 2.46. The van der Waals surface area contributed by atoms with E-state index in [2.05, 4.69) is 0 Å². The number of β-lactam (4-membered cyclic amide) rings is 1. The van der Waals surface area contributed by atoms with Crippen molar-refractivity contribution >= 4 is 17.8 Å². The first-order valence-electron chi connectivity index (χ1n) is 7.81. The summed E-state index contributed by atoms with van der Waals surface area (Å²) in [5.74, 6) is -2.84. The number of likely N-dealkylation sites (tertiary alicyclic amines) is 1. The lowest BCUT2D eigenvalue weighted by molar-refractivity contribution is -0.222. The molecular formula is C16H25NO6. The van der Waals surface area contributed by atoms with E-state index in [0.29, 0.717) is 12.8 Å². The number of carbonyl (C=O) groups excluding carboxylic acids is 3. The highest BCUT2D eigenvalue weighted by Gasteiger charge is 2.60. The molecular weight excluding hydrogens is 302 g/mol. The minimum absolute atomic E-state index is 0.0228. The van der Waals surface area contributed by atoms with Gasteiger partial charge in [0, 0.05) is 12.5 Å². The second kappa shape index (κ2) is 8.10. The molecule has 7 heteroatoms. The molecule has 1 fully saturated rings. The van der Waals surface area contributed by atoms with Crippen molar-refractivity contribution in [1.82, 2.24) is 4.90 Å². The first-order valence-corrected chi connectivity index (χ1v) is 7.81. The van der Waals surface area contributed by atoms with Crippen LogP contribution in [0.25, 0.3) is 0 Å². The van der Waals surface area contributed by atoms with Crippen molar-refractivity contribution in [3.05, 3.63) is 11.6 Å². The van der Waals surface area contributed by atoms with Gasteiger partial charge in [0.25, 0.3) is 0 Å². The average molecular weight is 327 g/mol. The van der Waals surface area contributed by atoms with Gasteiger partial charge in [-0.05, 0) is 40.5 Å². The normalized spacial score (nSPS) is 17.3. The Balaban J connectivity index is 2.99. The topological polar surface area (TPSA) is 93.1 Å². The Bertz CT molecular complexity index is 477. The van der Waals surface area contributed by atoms with E-state index in [9.17, 15) is 19.5 Å². The minimum atomic E-state index is -2.71. The summed E-state index contributed by atoms with van der Waals surface area (Å²) in [7, 11) is 0. The van der Waals surface area contributed by atoms with Gasteiger partial charge in [-0.25, -0.2) is 9.59 Å².